The Balaban J connectivity index is 2.18. The predicted molar refractivity (Wildman–Crippen MR) is 79.3 cm³/mol. The fraction of sp³-hybridized carbons (Fsp3) is 0.929. The molecule has 0 spiro atoms. The third-order valence-electron chi connectivity index (χ3n) is 4.87. The van der Waals surface area contributed by atoms with E-state index >= 15 is 0 Å². The van der Waals surface area contributed by atoms with Gasteiger partial charge in [-0.15, -0.1) is 0 Å². The lowest BCUT2D eigenvalue weighted by molar-refractivity contribution is -0.124. The van der Waals surface area contributed by atoms with Crippen LogP contribution in [0.3, 0.4) is 0 Å². The van der Waals surface area contributed by atoms with Gasteiger partial charge in [0.05, 0.1) is 0 Å². The number of carbonyl (C=O) groups excluding carboxylic acids is 1. The summed E-state index contributed by atoms with van der Waals surface area (Å²) in [6.07, 6.45) is 7.29. The summed E-state index contributed by atoms with van der Waals surface area (Å²) in [5, 5.41) is 2.79. The third kappa shape index (κ3) is 2.64. The van der Waals surface area contributed by atoms with Crippen LogP contribution in [0, 0.1) is 16.2 Å². The van der Waals surface area contributed by atoms with E-state index in [1.807, 2.05) is 0 Å². The SMILES string of the molecule is CNC(=O)CC1(C)CC2(C)CCC(CI)(C2)C1. The van der Waals surface area contributed by atoms with E-state index in [4.69, 9.17) is 0 Å². The third-order valence-corrected chi connectivity index (χ3v) is 6.48. The monoisotopic (exact) mass is 349 g/mol. The maximum absolute atomic E-state index is 11.7. The van der Waals surface area contributed by atoms with Gasteiger partial charge >= 0.3 is 0 Å². The van der Waals surface area contributed by atoms with Crippen molar-refractivity contribution in [3.05, 3.63) is 0 Å². The van der Waals surface area contributed by atoms with Crippen LogP contribution in [0.5, 0.6) is 0 Å². The Morgan fingerprint density at radius 2 is 1.94 bits per heavy atom. The first-order valence-corrected chi connectivity index (χ1v) is 8.14. The lowest BCUT2D eigenvalue weighted by atomic mass is 9.58. The van der Waals surface area contributed by atoms with Gasteiger partial charge in [-0.2, -0.15) is 0 Å². The molecule has 1 amide bonds. The zero-order chi connectivity index (χ0) is 12.7. The summed E-state index contributed by atoms with van der Waals surface area (Å²) in [6.45, 7) is 4.76. The number of fused-ring (bicyclic) bond motifs is 2. The Hall–Kier alpha value is 0.200. The Kier molecular flexibility index (Phi) is 3.52. The van der Waals surface area contributed by atoms with Crippen LogP contribution in [0.15, 0.2) is 0 Å². The standard InChI is InChI=1S/C14H24INO/c1-12-4-5-14(8-12,10-15)9-13(2,7-12)6-11(17)16-3/h4-10H2,1-3H3,(H,16,17). The number of nitrogens with one attached hydrogen (secondary N) is 1. The van der Waals surface area contributed by atoms with Crippen molar-refractivity contribution in [1.29, 1.82) is 0 Å². The van der Waals surface area contributed by atoms with Gasteiger partial charge in [0.2, 0.25) is 5.91 Å². The predicted octanol–water partition coefficient (Wildman–Crippen LogP) is 3.53. The summed E-state index contributed by atoms with van der Waals surface area (Å²) in [6, 6.07) is 0. The van der Waals surface area contributed by atoms with E-state index in [1.165, 1.54) is 36.5 Å². The molecule has 2 saturated carbocycles. The van der Waals surface area contributed by atoms with E-state index in [-0.39, 0.29) is 11.3 Å². The van der Waals surface area contributed by atoms with Gasteiger partial charge in [0.15, 0.2) is 0 Å². The molecule has 2 fully saturated rings. The number of rotatable bonds is 3. The summed E-state index contributed by atoms with van der Waals surface area (Å²) in [5.74, 6) is 0.209. The first kappa shape index (κ1) is 13.6. The van der Waals surface area contributed by atoms with Gasteiger partial charge in [-0.3, -0.25) is 4.79 Å². The molecule has 0 aromatic carbocycles. The lowest BCUT2D eigenvalue weighted by Crippen LogP contribution is -2.41. The summed E-state index contributed by atoms with van der Waals surface area (Å²) in [5.41, 5.74) is 1.23. The van der Waals surface area contributed by atoms with Gasteiger partial charge in [-0.1, -0.05) is 36.4 Å². The molecule has 17 heavy (non-hydrogen) atoms. The molecule has 0 saturated heterocycles. The first-order chi connectivity index (χ1) is 7.84. The van der Waals surface area contributed by atoms with E-state index in [2.05, 4.69) is 41.8 Å². The highest BCUT2D eigenvalue weighted by atomic mass is 127. The molecular weight excluding hydrogens is 325 g/mol. The quantitative estimate of drug-likeness (QED) is 0.613. The van der Waals surface area contributed by atoms with Gasteiger partial charge in [0, 0.05) is 17.9 Å². The largest absolute Gasteiger partial charge is 0.359 e. The molecule has 0 aliphatic heterocycles. The van der Waals surface area contributed by atoms with Crippen molar-refractivity contribution in [2.45, 2.75) is 52.4 Å². The van der Waals surface area contributed by atoms with Gasteiger partial charge < -0.3 is 5.32 Å². The van der Waals surface area contributed by atoms with Crippen LogP contribution in [0.4, 0.5) is 0 Å². The van der Waals surface area contributed by atoms with Crippen LogP contribution in [0.25, 0.3) is 0 Å². The van der Waals surface area contributed by atoms with Gasteiger partial charge in [0.25, 0.3) is 0 Å². The van der Waals surface area contributed by atoms with Gasteiger partial charge in [-0.05, 0) is 48.3 Å². The maximum Gasteiger partial charge on any atom is 0.220 e. The molecule has 3 heteroatoms. The second-order valence-corrected chi connectivity index (χ2v) is 7.90. The summed E-state index contributed by atoms with van der Waals surface area (Å²) in [7, 11) is 1.75. The Morgan fingerprint density at radius 3 is 2.53 bits per heavy atom. The Labute approximate surface area is 118 Å². The number of alkyl halides is 1. The lowest BCUT2D eigenvalue weighted by Gasteiger charge is -2.47. The fourth-order valence-electron chi connectivity index (χ4n) is 4.71. The number of carbonyl (C=O) groups is 1. The van der Waals surface area contributed by atoms with Crippen LogP contribution >= 0.6 is 22.6 Å². The minimum absolute atomic E-state index is 0.209. The van der Waals surface area contributed by atoms with Gasteiger partial charge in [0.1, 0.15) is 0 Å². The number of halogens is 1. The summed E-state index contributed by atoms with van der Waals surface area (Å²) >= 11 is 2.55. The van der Waals surface area contributed by atoms with Crippen molar-refractivity contribution in [2.24, 2.45) is 16.2 Å². The smallest absolute Gasteiger partial charge is 0.220 e. The maximum atomic E-state index is 11.7. The van der Waals surface area contributed by atoms with Crippen LogP contribution in [0.1, 0.15) is 52.4 Å². The summed E-state index contributed by atoms with van der Waals surface area (Å²) in [4.78, 5) is 11.7. The fourth-order valence-corrected chi connectivity index (χ4v) is 5.63. The molecule has 2 aliphatic carbocycles. The molecule has 98 valence electrons. The van der Waals surface area contributed by atoms with Crippen molar-refractivity contribution >= 4 is 28.5 Å². The topological polar surface area (TPSA) is 29.1 Å². The van der Waals surface area contributed by atoms with E-state index in [0.717, 1.165) is 0 Å². The molecule has 1 N–H and O–H groups in total. The molecule has 0 aromatic heterocycles. The molecule has 2 aliphatic rings. The zero-order valence-electron chi connectivity index (χ0n) is 11.2. The summed E-state index contributed by atoms with van der Waals surface area (Å²) < 4.78 is 1.25. The Morgan fingerprint density at radius 1 is 1.24 bits per heavy atom. The van der Waals surface area contributed by atoms with E-state index < -0.39 is 0 Å². The molecule has 3 unspecified atom stereocenters. The van der Waals surface area contributed by atoms with Crippen molar-refractivity contribution in [3.63, 3.8) is 0 Å². The van der Waals surface area contributed by atoms with E-state index in [0.29, 0.717) is 17.3 Å². The van der Waals surface area contributed by atoms with Gasteiger partial charge in [-0.25, -0.2) is 0 Å². The normalized spacial score (nSPS) is 44.7. The molecule has 0 radical (unpaired) electrons. The highest BCUT2D eigenvalue weighted by Crippen LogP contribution is 2.64. The second kappa shape index (κ2) is 4.39. The molecule has 0 aromatic rings. The van der Waals surface area contributed by atoms with E-state index in [1.54, 1.807) is 7.05 Å². The number of hydrogen-bond acceptors (Lipinski definition) is 1. The molecule has 2 bridgehead atoms. The molecule has 3 atom stereocenters. The average Bonchev–Trinajstić information content (AvgIpc) is 2.50. The van der Waals surface area contributed by atoms with Crippen molar-refractivity contribution in [2.75, 3.05) is 11.5 Å². The van der Waals surface area contributed by atoms with E-state index in [9.17, 15) is 4.79 Å². The minimum Gasteiger partial charge on any atom is -0.359 e. The van der Waals surface area contributed by atoms with Crippen molar-refractivity contribution in [3.8, 4) is 0 Å². The molecule has 2 nitrogen and oxygen atoms in total. The Bertz CT molecular complexity index is 332. The molecule has 2 rings (SSSR count). The van der Waals surface area contributed by atoms with Crippen molar-refractivity contribution < 1.29 is 4.79 Å². The first-order valence-electron chi connectivity index (χ1n) is 6.61. The van der Waals surface area contributed by atoms with Crippen LogP contribution < -0.4 is 5.32 Å². The molecule has 0 heterocycles. The van der Waals surface area contributed by atoms with Crippen LogP contribution in [-0.2, 0) is 4.79 Å². The highest BCUT2D eigenvalue weighted by Gasteiger charge is 2.55. The average molecular weight is 349 g/mol. The van der Waals surface area contributed by atoms with Crippen LogP contribution in [0.2, 0.25) is 0 Å². The van der Waals surface area contributed by atoms with Crippen molar-refractivity contribution in [1.82, 2.24) is 5.32 Å². The van der Waals surface area contributed by atoms with Crippen LogP contribution in [-0.4, -0.2) is 17.4 Å². The highest BCUT2D eigenvalue weighted by molar-refractivity contribution is 14.1. The minimum atomic E-state index is 0.209. The second-order valence-electron chi connectivity index (χ2n) is 7.14. The number of hydrogen-bond donors (Lipinski definition) is 1. The molecular formula is C14H24INO. The zero-order valence-corrected chi connectivity index (χ0v) is 13.4. The number of amides is 1.